The van der Waals surface area contributed by atoms with E-state index in [-0.39, 0.29) is 11.7 Å². The summed E-state index contributed by atoms with van der Waals surface area (Å²) in [6.07, 6.45) is 0. The van der Waals surface area contributed by atoms with E-state index >= 15 is 0 Å². The van der Waals surface area contributed by atoms with Crippen molar-refractivity contribution in [2.45, 2.75) is 20.8 Å². The summed E-state index contributed by atoms with van der Waals surface area (Å²) in [5, 5.41) is 4.56. The lowest BCUT2D eigenvalue weighted by Crippen LogP contribution is -2.43. The Bertz CT molecular complexity index is 991. The highest BCUT2D eigenvalue weighted by Gasteiger charge is 2.26. The molecule has 1 aliphatic heterocycles. The topological polar surface area (TPSA) is 71.7 Å². The number of thiazole rings is 1. The highest BCUT2D eigenvalue weighted by Crippen LogP contribution is 2.32. The summed E-state index contributed by atoms with van der Waals surface area (Å²) in [6.45, 7) is 10.4. The number of carbonyl (C=O) groups excluding carboxylic acids is 1. The molecule has 0 saturated carbocycles. The molecule has 3 heterocycles. The van der Waals surface area contributed by atoms with Gasteiger partial charge in [-0.1, -0.05) is 22.6 Å². The van der Waals surface area contributed by atoms with E-state index in [1.807, 2.05) is 6.92 Å². The van der Waals surface area contributed by atoms with E-state index in [2.05, 4.69) is 36.0 Å². The summed E-state index contributed by atoms with van der Waals surface area (Å²) in [5.41, 5.74) is 3.95. The number of fused-ring (bicyclic) bond motifs is 1. The first kappa shape index (κ1) is 19.0. The molecule has 0 aliphatic carbocycles. The lowest BCUT2D eigenvalue weighted by atomic mass is 10.1. The van der Waals surface area contributed by atoms with E-state index in [1.165, 1.54) is 16.9 Å². The molecule has 0 atom stereocenters. The summed E-state index contributed by atoms with van der Waals surface area (Å²) < 4.78 is 11.7. The number of amides is 1. The van der Waals surface area contributed by atoms with Gasteiger partial charge in [-0.05, 0) is 38.0 Å². The van der Waals surface area contributed by atoms with Crippen LogP contribution in [0.2, 0.25) is 0 Å². The van der Waals surface area contributed by atoms with Crippen LogP contribution < -0.4 is 4.90 Å². The van der Waals surface area contributed by atoms with Gasteiger partial charge in [0.2, 0.25) is 5.76 Å². The van der Waals surface area contributed by atoms with Crippen molar-refractivity contribution in [3.63, 3.8) is 0 Å². The first-order valence-electron chi connectivity index (χ1n) is 9.44. The number of hydrogen-bond acceptors (Lipinski definition) is 7. The van der Waals surface area contributed by atoms with Gasteiger partial charge in [-0.3, -0.25) is 14.6 Å². The normalized spacial score (nSPS) is 15.2. The van der Waals surface area contributed by atoms with E-state index in [9.17, 15) is 4.79 Å². The second-order valence-electron chi connectivity index (χ2n) is 7.17. The minimum Gasteiger partial charge on any atom is -0.379 e. The molecule has 0 bridgehead atoms. The maximum Gasteiger partial charge on any atom is 0.298 e. The average Bonchev–Trinajstić information content (AvgIpc) is 3.29. The molecule has 0 spiro atoms. The van der Waals surface area contributed by atoms with Gasteiger partial charge in [0, 0.05) is 32.2 Å². The Hall–Kier alpha value is -2.29. The van der Waals surface area contributed by atoms with Crippen molar-refractivity contribution >= 4 is 32.6 Å². The number of carbonyl (C=O) groups is 1. The zero-order valence-corrected chi connectivity index (χ0v) is 17.2. The third-order valence-electron chi connectivity index (χ3n) is 4.88. The zero-order valence-electron chi connectivity index (χ0n) is 16.4. The number of ether oxygens (including phenoxy) is 1. The lowest BCUT2D eigenvalue weighted by Gasteiger charge is -2.28. The van der Waals surface area contributed by atoms with Crippen molar-refractivity contribution in [1.29, 1.82) is 0 Å². The summed E-state index contributed by atoms with van der Waals surface area (Å²) in [7, 11) is 0. The largest absolute Gasteiger partial charge is 0.379 e. The van der Waals surface area contributed by atoms with Gasteiger partial charge in [0.05, 0.1) is 29.1 Å². The predicted octanol–water partition coefficient (Wildman–Crippen LogP) is 3.19. The van der Waals surface area contributed by atoms with Gasteiger partial charge in [0.15, 0.2) is 5.13 Å². The highest BCUT2D eigenvalue weighted by atomic mass is 32.1. The summed E-state index contributed by atoms with van der Waals surface area (Å²) in [5.74, 6) is 0.0360. The molecule has 28 heavy (non-hydrogen) atoms. The van der Waals surface area contributed by atoms with E-state index in [1.54, 1.807) is 11.0 Å². The molecule has 0 unspecified atom stereocenters. The fourth-order valence-corrected chi connectivity index (χ4v) is 4.59. The number of morpholine rings is 1. The molecule has 2 aromatic heterocycles. The van der Waals surface area contributed by atoms with E-state index in [4.69, 9.17) is 14.2 Å². The second-order valence-corrected chi connectivity index (χ2v) is 8.18. The zero-order chi connectivity index (χ0) is 19.7. The van der Waals surface area contributed by atoms with E-state index in [0.717, 1.165) is 48.6 Å². The Morgan fingerprint density at radius 3 is 2.71 bits per heavy atom. The highest BCUT2D eigenvalue weighted by molar-refractivity contribution is 7.22. The van der Waals surface area contributed by atoms with Gasteiger partial charge in [0.1, 0.15) is 0 Å². The third kappa shape index (κ3) is 3.94. The summed E-state index contributed by atoms with van der Waals surface area (Å²) >= 11 is 1.54. The Kier molecular flexibility index (Phi) is 5.43. The monoisotopic (exact) mass is 400 g/mol. The minimum atomic E-state index is -0.206. The van der Waals surface area contributed by atoms with Crippen LogP contribution in [0.3, 0.4) is 0 Å². The number of aryl methyl sites for hydroxylation is 3. The molecule has 148 valence electrons. The van der Waals surface area contributed by atoms with Crippen molar-refractivity contribution in [3.8, 4) is 0 Å². The quantitative estimate of drug-likeness (QED) is 0.655. The molecule has 1 aromatic carbocycles. The molecule has 0 N–H and O–H groups in total. The Labute approximate surface area is 167 Å². The van der Waals surface area contributed by atoms with Crippen LogP contribution in [0.1, 0.15) is 27.4 Å². The van der Waals surface area contributed by atoms with Crippen molar-refractivity contribution in [1.82, 2.24) is 15.0 Å². The average molecular weight is 401 g/mol. The molecular weight excluding hydrogens is 376 g/mol. The summed E-state index contributed by atoms with van der Waals surface area (Å²) in [6, 6.07) is 5.91. The molecular formula is C20H24N4O3S. The lowest BCUT2D eigenvalue weighted by molar-refractivity contribution is 0.0390. The van der Waals surface area contributed by atoms with Gasteiger partial charge in [-0.2, -0.15) is 0 Å². The molecule has 1 saturated heterocycles. The summed E-state index contributed by atoms with van der Waals surface area (Å²) in [4.78, 5) is 22.0. The molecule has 8 heteroatoms. The number of benzene rings is 1. The number of aromatic nitrogens is 2. The maximum atomic E-state index is 13.2. The van der Waals surface area contributed by atoms with Gasteiger partial charge in [-0.25, -0.2) is 4.98 Å². The fourth-order valence-electron chi connectivity index (χ4n) is 3.42. The van der Waals surface area contributed by atoms with Gasteiger partial charge < -0.3 is 9.26 Å². The smallest absolute Gasteiger partial charge is 0.298 e. The number of hydrogen-bond donors (Lipinski definition) is 0. The van der Waals surface area contributed by atoms with Crippen LogP contribution in [0.5, 0.6) is 0 Å². The standard InChI is InChI=1S/C20H24N4O3S/c1-13-10-14(2)18-17(11-13)28-20(21-18)24(5-4-23-6-8-26-9-7-23)19(25)16-12-15(3)22-27-16/h10-12H,4-9H2,1-3H3. The molecule has 3 aromatic rings. The fraction of sp³-hybridized carbons (Fsp3) is 0.450. The number of nitrogens with zero attached hydrogens (tertiary/aromatic N) is 4. The second kappa shape index (κ2) is 7.98. The van der Waals surface area contributed by atoms with Crippen LogP contribution in [-0.2, 0) is 4.74 Å². The SMILES string of the molecule is Cc1cc(C)c2nc(N(CCN3CCOCC3)C(=O)c3cc(C)no3)sc2c1. The first-order valence-corrected chi connectivity index (χ1v) is 10.3. The van der Waals surface area contributed by atoms with E-state index in [0.29, 0.717) is 17.4 Å². The van der Waals surface area contributed by atoms with Gasteiger partial charge in [0.25, 0.3) is 5.91 Å². The van der Waals surface area contributed by atoms with Crippen LogP contribution in [0, 0.1) is 20.8 Å². The van der Waals surface area contributed by atoms with Crippen LogP contribution in [0.15, 0.2) is 22.7 Å². The molecule has 4 rings (SSSR count). The van der Waals surface area contributed by atoms with Crippen molar-refractivity contribution in [2.75, 3.05) is 44.3 Å². The molecule has 1 fully saturated rings. The van der Waals surface area contributed by atoms with Crippen molar-refractivity contribution < 1.29 is 14.1 Å². The maximum absolute atomic E-state index is 13.2. The Balaban J connectivity index is 1.65. The number of anilines is 1. The van der Waals surface area contributed by atoms with Crippen LogP contribution in [0.25, 0.3) is 10.2 Å². The Morgan fingerprint density at radius 1 is 1.21 bits per heavy atom. The molecule has 1 amide bonds. The minimum absolute atomic E-state index is 0.206. The molecule has 1 aliphatic rings. The van der Waals surface area contributed by atoms with Crippen LogP contribution in [0.4, 0.5) is 5.13 Å². The predicted molar refractivity (Wildman–Crippen MR) is 109 cm³/mol. The van der Waals surface area contributed by atoms with Gasteiger partial charge in [-0.15, -0.1) is 0 Å². The van der Waals surface area contributed by atoms with Gasteiger partial charge >= 0.3 is 0 Å². The van der Waals surface area contributed by atoms with E-state index < -0.39 is 0 Å². The molecule has 0 radical (unpaired) electrons. The van der Waals surface area contributed by atoms with Crippen molar-refractivity contribution in [2.24, 2.45) is 0 Å². The third-order valence-corrected chi connectivity index (χ3v) is 5.90. The van der Waals surface area contributed by atoms with Crippen molar-refractivity contribution in [3.05, 3.63) is 40.8 Å². The van der Waals surface area contributed by atoms with Crippen LogP contribution in [-0.4, -0.2) is 60.3 Å². The first-order chi connectivity index (χ1) is 13.5. The molecule has 7 nitrogen and oxygen atoms in total. The number of rotatable bonds is 5. The van der Waals surface area contributed by atoms with Crippen LogP contribution >= 0.6 is 11.3 Å². The Morgan fingerprint density at radius 2 is 2.00 bits per heavy atom.